The third kappa shape index (κ3) is 2.89. The van der Waals surface area contributed by atoms with Gasteiger partial charge in [0, 0.05) is 25.2 Å². The average Bonchev–Trinajstić information content (AvgIpc) is 3.05. The number of halogens is 1. The molecule has 3 unspecified atom stereocenters. The first-order valence-electron chi connectivity index (χ1n) is 6.94. The van der Waals surface area contributed by atoms with Gasteiger partial charge in [0.2, 0.25) is 0 Å². The monoisotopic (exact) mass is 314 g/mol. The summed E-state index contributed by atoms with van der Waals surface area (Å²) in [5, 5.41) is 10.7. The number of nitrogens with two attached hydrogens (primary N) is 1. The zero-order valence-electron chi connectivity index (χ0n) is 11.5. The molecule has 21 heavy (non-hydrogen) atoms. The van der Waals surface area contributed by atoms with E-state index in [0.29, 0.717) is 24.9 Å². The van der Waals surface area contributed by atoms with Crippen molar-refractivity contribution in [1.29, 1.82) is 0 Å². The van der Waals surface area contributed by atoms with E-state index in [-0.39, 0.29) is 35.7 Å². The number of aromatic amines is 1. The van der Waals surface area contributed by atoms with Gasteiger partial charge in [0.05, 0.1) is 11.1 Å². The Labute approximate surface area is 128 Å². The van der Waals surface area contributed by atoms with Crippen LogP contribution in [0.2, 0.25) is 0 Å². The lowest BCUT2D eigenvalue weighted by molar-refractivity contribution is -0.384. The van der Waals surface area contributed by atoms with Gasteiger partial charge in [0.25, 0.3) is 11.6 Å². The second kappa shape index (κ2) is 6.03. The van der Waals surface area contributed by atoms with E-state index in [0.717, 1.165) is 19.3 Å². The Kier molecular flexibility index (Phi) is 4.53. The SMILES string of the molecule is Cl.NC1CCCC2CN(C(=O)c3cc([N+](=O)[O-])c[nH]3)CC12. The van der Waals surface area contributed by atoms with Gasteiger partial charge in [-0.25, -0.2) is 0 Å². The summed E-state index contributed by atoms with van der Waals surface area (Å²) in [6.07, 6.45) is 4.52. The molecule has 0 bridgehead atoms. The van der Waals surface area contributed by atoms with Crippen LogP contribution in [0.4, 0.5) is 5.69 Å². The second-order valence-corrected chi connectivity index (χ2v) is 5.76. The molecule has 8 heteroatoms. The average molecular weight is 315 g/mol. The Morgan fingerprint density at radius 1 is 1.43 bits per heavy atom. The highest BCUT2D eigenvalue weighted by Crippen LogP contribution is 2.36. The molecule has 1 aliphatic heterocycles. The lowest BCUT2D eigenvalue weighted by Gasteiger charge is -2.29. The van der Waals surface area contributed by atoms with Crippen LogP contribution in [-0.2, 0) is 0 Å². The molecule has 1 amide bonds. The zero-order chi connectivity index (χ0) is 14.3. The van der Waals surface area contributed by atoms with Crippen molar-refractivity contribution in [1.82, 2.24) is 9.88 Å². The Morgan fingerprint density at radius 3 is 2.81 bits per heavy atom. The summed E-state index contributed by atoms with van der Waals surface area (Å²) in [5.41, 5.74) is 6.33. The highest BCUT2D eigenvalue weighted by atomic mass is 35.5. The number of hydrogen-bond donors (Lipinski definition) is 2. The predicted octanol–water partition coefficient (Wildman–Crippen LogP) is 1.54. The zero-order valence-corrected chi connectivity index (χ0v) is 12.3. The van der Waals surface area contributed by atoms with Crippen molar-refractivity contribution in [2.24, 2.45) is 17.6 Å². The summed E-state index contributed by atoms with van der Waals surface area (Å²) < 4.78 is 0. The third-order valence-electron chi connectivity index (χ3n) is 4.55. The lowest BCUT2D eigenvalue weighted by Crippen LogP contribution is -2.38. The molecule has 116 valence electrons. The molecular formula is C13H19ClN4O3. The van der Waals surface area contributed by atoms with Gasteiger partial charge in [-0.1, -0.05) is 6.42 Å². The summed E-state index contributed by atoms with van der Waals surface area (Å²) in [5.74, 6) is 0.685. The van der Waals surface area contributed by atoms with E-state index in [4.69, 9.17) is 5.73 Å². The van der Waals surface area contributed by atoms with Crippen LogP contribution in [0, 0.1) is 22.0 Å². The number of carbonyl (C=O) groups excluding carboxylic acids is 1. The molecule has 1 saturated carbocycles. The number of carbonyl (C=O) groups is 1. The van der Waals surface area contributed by atoms with E-state index in [1.807, 2.05) is 0 Å². The number of H-pyrrole nitrogens is 1. The van der Waals surface area contributed by atoms with E-state index < -0.39 is 4.92 Å². The van der Waals surface area contributed by atoms with Crippen LogP contribution in [-0.4, -0.2) is 39.8 Å². The van der Waals surface area contributed by atoms with Crippen molar-refractivity contribution in [2.45, 2.75) is 25.3 Å². The minimum Gasteiger partial charge on any atom is -0.351 e. The molecular weight excluding hydrogens is 296 g/mol. The number of nitro groups is 1. The van der Waals surface area contributed by atoms with Gasteiger partial charge in [0.1, 0.15) is 5.69 Å². The molecule has 3 atom stereocenters. The number of amides is 1. The van der Waals surface area contributed by atoms with Gasteiger partial charge in [-0.2, -0.15) is 0 Å². The van der Waals surface area contributed by atoms with Crippen molar-refractivity contribution in [3.8, 4) is 0 Å². The Bertz CT molecular complexity index is 547. The normalized spacial score (nSPS) is 27.9. The summed E-state index contributed by atoms with van der Waals surface area (Å²) in [6.45, 7) is 1.38. The van der Waals surface area contributed by atoms with Gasteiger partial charge in [-0.3, -0.25) is 14.9 Å². The van der Waals surface area contributed by atoms with Crippen molar-refractivity contribution < 1.29 is 9.72 Å². The minimum atomic E-state index is -0.507. The van der Waals surface area contributed by atoms with E-state index >= 15 is 0 Å². The van der Waals surface area contributed by atoms with Crippen molar-refractivity contribution in [2.75, 3.05) is 13.1 Å². The molecule has 2 aliphatic rings. The van der Waals surface area contributed by atoms with Gasteiger partial charge < -0.3 is 15.6 Å². The van der Waals surface area contributed by atoms with Gasteiger partial charge in [0.15, 0.2) is 0 Å². The fourth-order valence-corrected chi connectivity index (χ4v) is 3.46. The number of aromatic nitrogens is 1. The third-order valence-corrected chi connectivity index (χ3v) is 4.55. The highest BCUT2D eigenvalue weighted by Gasteiger charge is 2.40. The van der Waals surface area contributed by atoms with Crippen molar-refractivity contribution in [3.63, 3.8) is 0 Å². The molecule has 1 saturated heterocycles. The second-order valence-electron chi connectivity index (χ2n) is 5.76. The molecule has 1 aromatic rings. The molecule has 2 heterocycles. The Morgan fingerprint density at radius 2 is 2.19 bits per heavy atom. The number of hydrogen-bond acceptors (Lipinski definition) is 4. The first-order valence-corrected chi connectivity index (χ1v) is 6.94. The molecule has 0 aromatic carbocycles. The largest absolute Gasteiger partial charge is 0.351 e. The quantitative estimate of drug-likeness (QED) is 0.638. The number of rotatable bonds is 2. The molecule has 3 N–H and O–H groups in total. The highest BCUT2D eigenvalue weighted by molar-refractivity contribution is 5.93. The predicted molar refractivity (Wildman–Crippen MR) is 79.4 cm³/mol. The smallest absolute Gasteiger partial charge is 0.287 e. The summed E-state index contributed by atoms with van der Waals surface area (Å²) in [7, 11) is 0. The van der Waals surface area contributed by atoms with E-state index in [1.54, 1.807) is 4.90 Å². The number of likely N-dealkylation sites (tertiary alicyclic amines) is 1. The summed E-state index contributed by atoms with van der Waals surface area (Å²) in [6, 6.07) is 1.47. The first-order chi connectivity index (χ1) is 9.56. The van der Waals surface area contributed by atoms with Crippen LogP contribution in [0.5, 0.6) is 0 Å². The Hall–Kier alpha value is -1.60. The van der Waals surface area contributed by atoms with Crippen LogP contribution < -0.4 is 5.73 Å². The molecule has 0 radical (unpaired) electrons. The van der Waals surface area contributed by atoms with Gasteiger partial charge in [-0.15, -0.1) is 12.4 Å². The van der Waals surface area contributed by atoms with Crippen LogP contribution in [0.3, 0.4) is 0 Å². The van der Waals surface area contributed by atoms with E-state index in [1.165, 1.54) is 12.3 Å². The molecule has 1 aliphatic carbocycles. The summed E-state index contributed by atoms with van der Waals surface area (Å²) >= 11 is 0. The van der Waals surface area contributed by atoms with Crippen LogP contribution >= 0.6 is 12.4 Å². The van der Waals surface area contributed by atoms with Crippen LogP contribution in [0.1, 0.15) is 29.8 Å². The number of nitrogens with one attached hydrogen (secondary N) is 1. The summed E-state index contributed by atoms with van der Waals surface area (Å²) in [4.78, 5) is 27.0. The fraction of sp³-hybridized carbons (Fsp3) is 0.615. The lowest BCUT2D eigenvalue weighted by atomic mass is 9.78. The van der Waals surface area contributed by atoms with Gasteiger partial charge in [-0.05, 0) is 24.7 Å². The Balaban J connectivity index is 0.00000161. The minimum absolute atomic E-state index is 0. The molecule has 2 fully saturated rings. The topological polar surface area (TPSA) is 105 Å². The van der Waals surface area contributed by atoms with Crippen molar-refractivity contribution in [3.05, 3.63) is 28.1 Å². The fourth-order valence-electron chi connectivity index (χ4n) is 3.46. The number of fused-ring (bicyclic) bond motifs is 1. The van der Waals surface area contributed by atoms with E-state index in [2.05, 4.69) is 4.98 Å². The maximum absolute atomic E-state index is 12.4. The molecule has 1 aromatic heterocycles. The van der Waals surface area contributed by atoms with Crippen LogP contribution in [0.15, 0.2) is 12.3 Å². The maximum Gasteiger partial charge on any atom is 0.287 e. The maximum atomic E-state index is 12.4. The molecule has 7 nitrogen and oxygen atoms in total. The first kappa shape index (κ1) is 15.8. The van der Waals surface area contributed by atoms with Crippen LogP contribution in [0.25, 0.3) is 0 Å². The standard InChI is InChI=1S/C13H18N4O3.ClH/c14-11-3-1-2-8-6-16(7-10(8)11)13(18)12-4-9(5-15-12)17(19)20;/h4-5,8,10-11,15H,1-3,6-7,14H2;1H. The molecule has 3 rings (SSSR count). The van der Waals surface area contributed by atoms with Crippen molar-refractivity contribution >= 4 is 24.0 Å². The van der Waals surface area contributed by atoms with Gasteiger partial charge >= 0.3 is 0 Å². The number of nitrogens with zero attached hydrogens (tertiary/aromatic N) is 2. The van der Waals surface area contributed by atoms with E-state index in [9.17, 15) is 14.9 Å². The molecule has 0 spiro atoms.